The van der Waals surface area contributed by atoms with Crippen LogP contribution in [0.25, 0.3) is 5.65 Å². The van der Waals surface area contributed by atoms with Gasteiger partial charge in [0.25, 0.3) is 0 Å². The molecule has 0 bridgehead atoms. The number of hydrogen-bond acceptors (Lipinski definition) is 4. The Morgan fingerprint density at radius 2 is 1.85 bits per heavy atom. The quantitative estimate of drug-likeness (QED) is 0.150. The molecule has 0 spiro atoms. The van der Waals surface area contributed by atoms with E-state index in [1.54, 1.807) is 17.8 Å². The fourth-order valence-electron chi connectivity index (χ4n) is 3.45. The largest absolute Gasteiger partial charge is 0.416 e. The van der Waals surface area contributed by atoms with Crippen molar-refractivity contribution >= 4 is 34.7 Å². The summed E-state index contributed by atoms with van der Waals surface area (Å²) in [6.45, 7) is 3.80. The van der Waals surface area contributed by atoms with Crippen LogP contribution in [-0.4, -0.2) is 20.8 Å². The molecule has 0 radical (unpaired) electrons. The predicted molar refractivity (Wildman–Crippen MR) is 130 cm³/mol. The van der Waals surface area contributed by atoms with Gasteiger partial charge in [0.05, 0.1) is 17.0 Å². The molecular formula is C25H21ClF3N3OS. The lowest BCUT2D eigenvalue weighted by molar-refractivity contribution is -0.137. The molecule has 176 valence electrons. The molecular weight excluding hydrogens is 483 g/mol. The van der Waals surface area contributed by atoms with Crippen molar-refractivity contribution in [1.29, 1.82) is 0 Å². The average Bonchev–Trinajstić information content (AvgIpc) is 3.11. The van der Waals surface area contributed by atoms with Crippen LogP contribution >= 0.6 is 23.4 Å². The summed E-state index contributed by atoms with van der Waals surface area (Å²) in [5, 5.41) is 5.00. The van der Waals surface area contributed by atoms with Gasteiger partial charge in [0, 0.05) is 21.9 Å². The molecule has 2 heterocycles. The number of oxime groups is 1. The summed E-state index contributed by atoms with van der Waals surface area (Å²) >= 11 is 7.53. The number of aryl methyl sites for hydroxylation is 2. The second-order valence-electron chi connectivity index (χ2n) is 7.73. The number of hydrogen-bond donors (Lipinski definition) is 0. The van der Waals surface area contributed by atoms with Crippen LogP contribution in [0.1, 0.15) is 28.1 Å². The standard InChI is InChI=1S/C25H21ClF3N3OS/c1-16-10-11-32-23(12-16)30-17(2)24(32)22(15-34-21-8-6-20(26)7-9-21)31-33-14-18-4-3-5-19(13-18)25(27,28)29/h3-13H,14-15H2,1-2H3/b31-22+. The number of alkyl halides is 3. The van der Waals surface area contributed by atoms with Crippen molar-refractivity contribution in [2.75, 3.05) is 5.75 Å². The third kappa shape index (κ3) is 5.74. The smallest absolute Gasteiger partial charge is 0.391 e. The van der Waals surface area contributed by atoms with Gasteiger partial charge < -0.3 is 4.84 Å². The molecule has 9 heteroatoms. The lowest BCUT2D eigenvalue weighted by Crippen LogP contribution is -2.11. The molecule has 0 amide bonds. The maximum absolute atomic E-state index is 13.0. The minimum Gasteiger partial charge on any atom is -0.391 e. The Hall–Kier alpha value is -2.97. The molecule has 4 rings (SSSR count). The van der Waals surface area contributed by atoms with Gasteiger partial charge in [0.2, 0.25) is 0 Å². The topological polar surface area (TPSA) is 38.9 Å². The molecule has 4 nitrogen and oxygen atoms in total. The predicted octanol–water partition coefficient (Wildman–Crippen LogP) is 7.34. The van der Waals surface area contributed by atoms with Crippen LogP contribution < -0.4 is 0 Å². The third-order valence-electron chi connectivity index (χ3n) is 5.08. The first-order chi connectivity index (χ1) is 16.2. The lowest BCUT2D eigenvalue weighted by atomic mass is 10.1. The molecule has 0 aliphatic heterocycles. The highest BCUT2D eigenvalue weighted by Crippen LogP contribution is 2.30. The maximum Gasteiger partial charge on any atom is 0.416 e. The number of nitrogens with zero attached hydrogens (tertiary/aromatic N) is 3. The van der Waals surface area contributed by atoms with Crippen LogP contribution in [0.2, 0.25) is 5.02 Å². The van der Waals surface area contributed by atoms with E-state index < -0.39 is 11.7 Å². The zero-order valence-corrected chi connectivity index (χ0v) is 20.0. The molecule has 0 saturated heterocycles. The van der Waals surface area contributed by atoms with Crippen LogP contribution in [-0.2, 0) is 17.6 Å². The molecule has 0 N–H and O–H groups in total. The van der Waals surface area contributed by atoms with E-state index in [2.05, 4.69) is 10.1 Å². The highest BCUT2D eigenvalue weighted by atomic mass is 35.5. The summed E-state index contributed by atoms with van der Waals surface area (Å²) in [7, 11) is 0. The number of rotatable bonds is 7. The lowest BCUT2D eigenvalue weighted by Gasteiger charge is -2.10. The fourth-order valence-corrected chi connectivity index (χ4v) is 4.40. The molecule has 0 aliphatic carbocycles. The van der Waals surface area contributed by atoms with Crippen molar-refractivity contribution < 1.29 is 18.0 Å². The van der Waals surface area contributed by atoms with E-state index >= 15 is 0 Å². The van der Waals surface area contributed by atoms with Crippen molar-refractivity contribution in [2.24, 2.45) is 5.16 Å². The molecule has 0 fully saturated rings. The first-order valence-corrected chi connectivity index (χ1v) is 11.8. The molecule has 0 aliphatic rings. The van der Waals surface area contributed by atoms with Gasteiger partial charge in [-0.1, -0.05) is 28.9 Å². The molecule has 2 aromatic carbocycles. The normalized spacial score (nSPS) is 12.4. The molecule has 34 heavy (non-hydrogen) atoms. The number of fused-ring (bicyclic) bond motifs is 1. The maximum atomic E-state index is 13.0. The van der Waals surface area contributed by atoms with E-state index in [0.29, 0.717) is 22.1 Å². The van der Waals surface area contributed by atoms with Gasteiger partial charge in [-0.3, -0.25) is 4.40 Å². The number of pyridine rings is 1. The SMILES string of the molecule is Cc1ccn2c(/C(CSc3ccc(Cl)cc3)=N/OCc3cccc(C(F)(F)F)c3)c(C)nc2c1. The van der Waals surface area contributed by atoms with Crippen LogP contribution in [0.4, 0.5) is 13.2 Å². The molecule has 4 aromatic rings. The van der Waals surface area contributed by atoms with Crippen molar-refractivity contribution in [3.8, 4) is 0 Å². The van der Waals surface area contributed by atoms with Crippen molar-refractivity contribution in [1.82, 2.24) is 9.38 Å². The Morgan fingerprint density at radius 1 is 1.09 bits per heavy atom. The third-order valence-corrected chi connectivity index (χ3v) is 6.35. The number of thioether (sulfide) groups is 1. The Kier molecular flexibility index (Phi) is 7.19. The summed E-state index contributed by atoms with van der Waals surface area (Å²) in [4.78, 5) is 11.2. The highest BCUT2D eigenvalue weighted by Gasteiger charge is 2.30. The summed E-state index contributed by atoms with van der Waals surface area (Å²) in [5.41, 5.74) is 3.73. The first kappa shape index (κ1) is 24.2. The number of aromatic nitrogens is 2. The van der Waals surface area contributed by atoms with Crippen molar-refractivity contribution in [3.63, 3.8) is 0 Å². The Balaban J connectivity index is 1.62. The Labute approximate surface area is 204 Å². The fraction of sp³-hybridized carbons (Fsp3) is 0.200. The van der Waals surface area contributed by atoms with Gasteiger partial charge in [-0.05, 0) is 73.5 Å². The van der Waals surface area contributed by atoms with Crippen LogP contribution in [0.15, 0.2) is 76.9 Å². The molecule has 0 saturated carbocycles. The van der Waals surface area contributed by atoms with Gasteiger partial charge in [-0.15, -0.1) is 11.8 Å². The van der Waals surface area contributed by atoms with Gasteiger partial charge >= 0.3 is 6.18 Å². The first-order valence-electron chi connectivity index (χ1n) is 10.4. The van der Waals surface area contributed by atoms with Crippen molar-refractivity contribution in [2.45, 2.75) is 31.5 Å². The van der Waals surface area contributed by atoms with Gasteiger partial charge in [-0.2, -0.15) is 13.2 Å². The van der Waals surface area contributed by atoms with Crippen molar-refractivity contribution in [3.05, 3.63) is 100.0 Å². The van der Waals surface area contributed by atoms with E-state index in [0.717, 1.165) is 39.6 Å². The van der Waals surface area contributed by atoms with E-state index in [-0.39, 0.29) is 6.61 Å². The van der Waals surface area contributed by atoms with Gasteiger partial charge in [-0.25, -0.2) is 4.98 Å². The summed E-state index contributed by atoms with van der Waals surface area (Å²) < 4.78 is 41.0. The van der Waals surface area contributed by atoms with E-state index in [9.17, 15) is 13.2 Å². The van der Waals surface area contributed by atoms with E-state index in [1.165, 1.54) is 6.07 Å². The zero-order valence-electron chi connectivity index (χ0n) is 18.4. The van der Waals surface area contributed by atoms with Gasteiger partial charge in [0.1, 0.15) is 18.0 Å². The number of imidazole rings is 1. The Morgan fingerprint density at radius 3 is 2.59 bits per heavy atom. The minimum absolute atomic E-state index is 0.0894. The van der Waals surface area contributed by atoms with Crippen LogP contribution in [0.5, 0.6) is 0 Å². The van der Waals surface area contributed by atoms with E-state index in [1.807, 2.05) is 60.8 Å². The summed E-state index contributed by atoms with van der Waals surface area (Å²) in [5.74, 6) is 0.465. The second kappa shape index (κ2) is 10.1. The van der Waals surface area contributed by atoms with Gasteiger partial charge in [0.15, 0.2) is 0 Å². The molecule has 0 unspecified atom stereocenters. The van der Waals surface area contributed by atoms with Crippen LogP contribution in [0.3, 0.4) is 0 Å². The monoisotopic (exact) mass is 503 g/mol. The van der Waals surface area contributed by atoms with E-state index in [4.69, 9.17) is 16.4 Å². The number of benzene rings is 2. The zero-order chi connectivity index (χ0) is 24.3. The summed E-state index contributed by atoms with van der Waals surface area (Å²) in [6, 6.07) is 16.5. The van der Waals surface area contributed by atoms with Crippen LogP contribution in [0, 0.1) is 13.8 Å². The Bertz CT molecular complexity index is 1330. The average molecular weight is 504 g/mol. The number of halogens is 4. The second-order valence-corrected chi connectivity index (χ2v) is 9.22. The molecule has 0 atom stereocenters. The molecule has 2 aromatic heterocycles. The minimum atomic E-state index is -4.41. The highest BCUT2D eigenvalue weighted by molar-refractivity contribution is 8.00. The summed E-state index contributed by atoms with van der Waals surface area (Å²) in [6.07, 6.45) is -2.49.